The van der Waals surface area contributed by atoms with Gasteiger partial charge in [-0.2, -0.15) is 0 Å². The molecule has 0 bridgehead atoms. The molecule has 0 saturated heterocycles. The van der Waals surface area contributed by atoms with Gasteiger partial charge in [0.25, 0.3) is 0 Å². The third-order valence-corrected chi connectivity index (χ3v) is 2.97. The lowest BCUT2D eigenvalue weighted by Crippen LogP contribution is -2.16. The van der Waals surface area contributed by atoms with Gasteiger partial charge in [-0.15, -0.1) is 0 Å². The van der Waals surface area contributed by atoms with E-state index in [2.05, 4.69) is 12.2 Å². The van der Waals surface area contributed by atoms with Gasteiger partial charge in [-0.3, -0.25) is 0 Å². The minimum Gasteiger partial charge on any atom is -0.392 e. The molecular formula is C13H19NO. The summed E-state index contributed by atoms with van der Waals surface area (Å²) in [5, 5.41) is 12.7. The van der Waals surface area contributed by atoms with Crippen molar-refractivity contribution in [3.63, 3.8) is 0 Å². The van der Waals surface area contributed by atoms with Crippen LogP contribution < -0.4 is 5.32 Å². The number of nitrogens with one attached hydrogen (secondary N) is 1. The zero-order chi connectivity index (χ0) is 10.7. The zero-order valence-electron chi connectivity index (χ0n) is 9.24. The molecule has 1 atom stereocenters. The minimum absolute atomic E-state index is 0.110. The Morgan fingerprint density at radius 2 is 2.13 bits per heavy atom. The first-order valence-electron chi connectivity index (χ1n) is 5.75. The zero-order valence-corrected chi connectivity index (χ0v) is 9.24. The molecule has 1 aliphatic rings. The molecule has 1 aliphatic carbocycles. The van der Waals surface area contributed by atoms with Crippen LogP contribution in [0, 0.1) is 5.92 Å². The highest BCUT2D eigenvalue weighted by molar-refractivity contribution is 5.51. The number of hydrogen-bond donors (Lipinski definition) is 2. The smallest absolute Gasteiger partial charge is 0.0701 e. The van der Waals surface area contributed by atoms with Crippen molar-refractivity contribution in [3.05, 3.63) is 29.8 Å². The summed E-state index contributed by atoms with van der Waals surface area (Å²) in [6.07, 6.45) is 4.04. The summed E-state index contributed by atoms with van der Waals surface area (Å²) < 4.78 is 0. The maximum absolute atomic E-state index is 9.19. The maximum Gasteiger partial charge on any atom is 0.0701 e. The van der Waals surface area contributed by atoms with Crippen molar-refractivity contribution < 1.29 is 5.11 Å². The predicted molar refractivity (Wildman–Crippen MR) is 62.8 cm³/mol. The Hall–Kier alpha value is -1.02. The molecule has 1 unspecified atom stereocenters. The lowest BCUT2D eigenvalue weighted by molar-refractivity contribution is 0.282. The molecule has 0 amide bonds. The number of rotatable bonds is 5. The van der Waals surface area contributed by atoms with E-state index in [1.165, 1.54) is 19.3 Å². The van der Waals surface area contributed by atoms with E-state index in [9.17, 15) is 5.11 Å². The first-order valence-corrected chi connectivity index (χ1v) is 5.75. The monoisotopic (exact) mass is 205 g/mol. The second kappa shape index (κ2) is 4.67. The molecule has 1 aromatic carbocycles. The Labute approximate surface area is 91.3 Å². The van der Waals surface area contributed by atoms with Gasteiger partial charge in [-0.05, 0) is 25.3 Å². The van der Waals surface area contributed by atoms with Crippen molar-refractivity contribution >= 4 is 5.69 Å². The summed E-state index contributed by atoms with van der Waals surface area (Å²) in [6.45, 7) is 2.33. The highest BCUT2D eigenvalue weighted by Crippen LogP contribution is 2.34. The molecule has 82 valence electrons. The summed E-state index contributed by atoms with van der Waals surface area (Å²) in [5.41, 5.74) is 2.06. The standard InChI is InChI=1S/C13H19NO/c1-10(8-11-6-7-11)14-13-5-3-2-4-12(13)9-15/h2-5,10-11,14-15H,6-9H2,1H3. The molecule has 0 aromatic heterocycles. The van der Waals surface area contributed by atoms with Crippen LogP contribution in [0.4, 0.5) is 5.69 Å². The molecule has 2 heteroatoms. The fraction of sp³-hybridized carbons (Fsp3) is 0.538. The molecule has 15 heavy (non-hydrogen) atoms. The number of aliphatic hydroxyl groups is 1. The van der Waals surface area contributed by atoms with Crippen LogP contribution in [0.1, 0.15) is 31.7 Å². The first kappa shape index (κ1) is 10.5. The van der Waals surface area contributed by atoms with E-state index in [0.717, 1.165) is 17.2 Å². The number of para-hydroxylation sites is 1. The molecule has 0 aliphatic heterocycles. The van der Waals surface area contributed by atoms with Gasteiger partial charge in [-0.25, -0.2) is 0 Å². The van der Waals surface area contributed by atoms with E-state index in [4.69, 9.17) is 0 Å². The summed E-state index contributed by atoms with van der Waals surface area (Å²) in [4.78, 5) is 0. The topological polar surface area (TPSA) is 32.3 Å². The Bertz CT molecular complexity index is 320. The molecular weight excluding hydrogens is 186 g/mol. The van der Waals surface area contributed by atoms with Crippen molar-refractivity contribution in [2.45, 2.75) is 38.8 Å². The largest absolute Gasteiger partial charge is 0.392 e. The van der Waals surface area contributed by atoms with Gasteiger partial charge in [0, 0.05) is 17.3 Å². The van der Waals surface area contributed by atoms with E-state index in [-0.39, 0.29) is 6.61 Å². The van der Waals surface area contributed by atoms with Gasteiger partial charge in [0.15, 0.2) is 0 Å². The lowest BCUT2D eigenvalue weighted by atomic mass is 10.1. The van der Waals surface area contributed by atoms with Crippen molar-refractivity contribution in [1.82, 2.24) is 0 Å². The van der Waals surface area contributed by atoms with Crippen LogP contribution in [0.2, 0.25) is 0 Å². The van der Waals surface area contributed by atoms with Gasteiger partial charge in [0.1, 0.15) is 0 Å². The van der Waals surface area contributed by atoms with Gasteiger partial charge < -0.3 is 10.4 Å². The van der Waals surface area contributed by atoms with Crippen LogP contribution in [0.15, 0.2) is 24.3 Å². The van der Waals surface area contributed by atoms with Gasteiger partial charge in [-0.1, -0.05) is 31.0 Å². The van der Waals surface area contributed by atoms with Gasteiger partial charge in [0.2, 0.25) is 0 Å². The molecule has 0 radical (unpaired) electrons. The SMILES string of the molecule is CC(CC1CC1)Nc1ccccc1CO. The van der Waals surface area contributed by atoms with Crippen LogP contribution >= 0.6 is 0 Å². The van der Waals surface area contributed by atoms with Crippen LogP contribution in [-0.4, -0.2) is 11.1 Å². The highest BCUT2D eigenvalue weighted by Gasteiger charge is 2.23. The van der Waals surface area contributed by atoms with Crippen molar-refractivity contribution in [2.24, 2.45) is 5.92 Å². The molecule has 2 nitrogen and oxygen atoms in total. The predicted octanol–water partition coefficient (Wildman–Crippen LogP) is 2.78. The Kier molecular flexibility index (Phi) is 3.27. The summed E-state index contributed by atoms with van der Waals surface area (Å²) in [5.74, 6) is 0.939. The van der Waals surface area contributed by atoms with Gasteiger partial charge in [0.05, 0.1) is 6.61 Å². The van der Waals surface area contributed by atoms with Crippen molar-refractivity contribution in [2.75, 3.05) is 5.32 Å². The fourth-order valence-electron chi connectivity index (χ4n) is 1.98. The minimum atomic E-state index is 0.110. The van der Waals surface area contributed by atoms with Crippen LogP contribution in [-0.2, 0) is 6.61 Å². The Morgan fingerprint density at radius 1 is 1.40 bits per heavy atom. The lowest BCUT2D eigenvalue weighted by Gasteiger charge is -2.17. The molecule has 1 saturated carbocycles. The summed E-state index contributed by atoms with van der Waals surface area (Å²) >= 11 is 0. The Morgan fingerprint density at radius 3 is 2.80 bits per heavy atom. The number of hydrogen-bond acceptors (Lipinski definition) is 2. The van der Waals surface area contributed by atoms with Gasteiger partial charge >= 0.3 is 0 Å². The second-order valence-electron chi connectivity index (χ2n) is 4.54. The first-order chi connectivity index (χ1) is 7.29. The van der Waals surface area contributed by atoms with Crippen LogP contribution in [0.5, 0.6) is 0 Å². The average molecular weight is 205 g/mol. The third-order valence-electron chi connectivity index (χ3n) is 2.97. The van der Waals surface area contributed by atoms with Crippen molar-refractivity contribution in [1.29, 1.82) is 0 Å². The maximum atomic E-state index is 9.19. The van der Waals surface area contributed by atoms with E-state index in [1.807, 2.05) is 24.3 Å². The highest BCUT2D eigenvalue weighted by atomic mass is 16.3. The fourth-order valence-corrected chi connectivity index (χ4v) is 1.98. The summed E-state index contributed by atoms with van der Waals surface area (Å²) in [7, 11) is 0. The van der Waals surface area contributed by atoms with E-state index < -0.39 is 0 Å². The van der Waals surface area contributed by atoms with Crippen LogP contribution in [0.3, 0.4) is 0 Å². The molecule has 0 spiro atoms. The Balaban J connectivity index is 1.95. The summed E-state index contributed by atoms with van der Waals surface area (Å²) in [6, 6.07) is 8.47. The van der Waals surface area contributed by atoms with Crippen molar-refractivity contribution in [3.8, 4) is 0 Å². The third kappa shape index (κ3) is 2.96. The number of anilines is 1. The molecule has 1 fully saturated rings. The number of aliphatic hydroxyl groups excluding tert-OH is 1. The normalized spacial score (nSPS) is 17.5. The number of benzene rings is 1. The molecule has 1 aromatic rings. The van der Waals surface area contributed by atoms with E-state index in [1.54, 1.807) is 0 Å². The average Bonchev–Trinajstić information content (AvgIpc) is 3.02. The quantitative estimate of drug-likeness (QED) is 0.774. The molecule has 2 N–H and O–H groups in total. The van der Waals surface area contributed by atoms with E-state index >= 15 is 0 Å². The second-order valence-corrected chi connectivity index (χ2v) is 4.54. The van der Waals surface area contributed by atoms with E-state index in [0.29, 0.717) is 6.04 Å². The molecule has 0 heterocycles. The molecule has 2 rings (SSSR count). The van der Waals surface area contributed by atoms with Crippen LogP contribution in [0.25, 0.3) is 0 Å².